The maximum Gasteiger partial charge on any atom is 0.573 e. The highest BCUT2D eigenvalue weighted by Gasteiger charge is 2.38. The van der Waals surface area contributed by atoms with Crippen molar-refractivity contribution in [1.82, 2.24) is 14.6 Å². The molecule has 1 aliphatic heterocycles. The molecule has 1 aromatic carbocycles. The van der Waals surface area contributed by atoms with E-state index >= 15 is 0 Å². The maximum atomic E-state index is 12.9. The third kappa shape index (κ3) is 3.68. The van der Waals surface area contributed by atoms with Gasteiger partial charge < -0.3 is 19.9 Å². The van der Waals surface area contributed by atoms with Crippen molar-refractivity contribution in [2.24, 2.45) is 0 Å². The average Bonchev–Trinajstić information content (AvgIpc) is 3.21. The van der Waals surface area contributed by atoms with Gasteiger partial charge in [0.2, 0.25) is 0 Å². The number of benzene rings is 1. The molecule has 29 heavy (non-hydrogen) atoms. The summed E-state index contributed by atoms with van der Waals surface area (Å²) in [6, 6.07) is 4.01. The zero-order valence-electron chi connectivity index (χ0n) is 15.0. The molecule has 2 N–H and O–H groups in total. The van der Waals surface area contributed by atoms with E-state index in [0.29, 0.717) is 5.56 Å². The summed E-state index contributed by atoms with van der Waals surface area (Å²) in [5, 5.41) is 15.9. The number of carbonyl (C=O) groups is 1. The predicted molar refractivity (Wildman–Crippen MR) is 93.9 cm³/mol. The van der Waals surface area contributed by atoms with E-state index < -0.39 is 23.6 Å². The number of carbonyl (C=O) groups excluding carboxylic acids is 1. The molecule has 0 saturated heterocycles. The predicted octanol–water partition coefficient (Wildman–Crippen LogP) is 2.57. The van der Waals surface area contributed by atoms with E-state index in [2.05, 4.69) is 20.1 Å². The molecule has 8 nitrogen and oxygen atoms in total. The van der Waals surface area contributed by atoms with Crippen LogP contribution in [0.5, 0.6) is 11.5 Å². The summed E-state index contributed by atoms with van der Waals surface area (Å²) in [4.78, 5) is 16.7. The van der Waals surface area contributed by atoms with Crippen molar-refractivity contribution < 1.29 is 32.5 Å². The number of halogens is 3. The zero-order chi connectivity index (χ0) is 20.8. The number of fused-ring (bicyclic) bond motifs is 2. The summed E-state index contributed by atoms with van der Waals surface area (Å²) in [6.45, 7) is 1.30. The molecular formula is C18H15F3N4O4. The number of alkyl halides is 3. The highest BCUT2D eigenvalue weighted by atomic mass is 19.4. The second-order valence-corrected chi connectivity index (χ2v) is 6.79. The molecule has 4 rings (SSSR count). The number of aliphatic hydroxyl groups excluding tert-OH is 1. The van der Waals surface area contributed by atoms with Crippen molar-refractivity contribution >= 4 is 17.2 Å². The molecule has 1 aliphatic rings. The molecule has 0 aliphatic carbocycles. The number of hydrogen-bond acceptors (Lipinski definition) is 6. The molecule has 3 heterocycles. The Morgan fingerprint density at radius 3 is 2.97 bits per heavy atom. The summed E-state index contributed by atoms with van der Waals surface area (Å²) >= 11 is 0. The van der Waals surface area contributed by atoms with Crippen LogP contribution in [-0.4, -0.2) is 44.2 Å². The molecule has 11 heteroatoms. The first-order valence-electron chi connectivity index (χ1n) is 8.50. The van der Waals surface area contributed by atoms with E-state index in [4.69, 9.17) is 4.74 Å². The van der Waals surface area contributed by atoms with Crippen LogP contribution in [0.25, 0.3) is 5.65 Å². The topological polar surface area (TPSA) is 98.0 Å². The lowest BCUT2D eigenvalue weighted by molar-refractivity contribution is -0.274. The smallest absolute Gasteiger partial charge is 0.484 e. The number of nitrogens with zero attached hydrogens (tertiary/aromatic N) is 3. The number of aromatic nitrogens is 3. The van der Waals surface area contributed by atoms with Gasteiger partial charge in [-0.2, -0.15) is 5.10 Å². The van der Waals surface area contributed by atoms with Crippen molar-refractivity contribution in [2.75, 3.05) is 11.9 Å². The summed E-state index contributed by atoms with van der Waals surface area (Å²) in [5.74, 6) is -1.18. The minimum absolute atomic E-state index is 0.0838. The lowest BCUT2D eigenvalue weighted by Crippen LogP contribution is -2.34. The molecule has 0 saturated carbocycles. The van der Waals surface area contributed by atoms with Crippen molar-refractivity contribution in [2.45, 2.75) is 25.3 Å². The Bertz CT molecular complexity index is 1100. The van der Waals surface area contributed by atoms with Crippen LogP contribution < -0.4 is 14.8 Å². The Labute approximate surface area is 161 Å². The Morgan fingerprint density at radius 1 is 1.45 bits per heavy atom. The highest BCUT2D eigenvalue weighted by molar-refractivity contribution is 6.08. The molecule has 1 unspecified atom stereocenters. The first-order valence-corrected chi connectivity index (χ1v) is 8.50. The van der Waals surface area contributed by atoms with Crippen molar-refractivity contribution in [3.05, 3.63) is 47.9 Å². The van der Waals surface area contributed by atoms with Gasteiger partial charge in [-0.05, 0) is 19.1 Å². The largest absolute Gasteiger partial charge is 0.573 e. The first-order chi connectivity index (χ1) is 13.7. The minimum atomic E-state index is -4.97. The lowest BCUT2D eigenvalue weighted by atomic mass is 10.00. The second-order valence-electron chi connectivity index (χ2n) is 6.79. The third-order valence-corrected chi connectivity index (χ3v) is 4.42. The third-order valence-electron chi connectivity index (χ3n) is 4.42. The van der Waals surface area contributed by atoms with Crippen LogP contribution >= 0.6 is 0 Å². The molecule has 152 valence electrons. The number of amides is 1. The Kier molecular flexibility index (Phi) is 4.34. The van der Waals surface area contributed by atoms with E-state index in [0.717, 1.165) is 6.07 Å². The normalized spacial score (nSPS) is 18.4. The van der Waals surface area contributed by atoms with Crippen LogP contribution in [0.2, 0.25) is 0 Å². The van der Waals surface area contributed by atoms with Crippen molar-refractivity contribution in [3.63, 3.8) is 0 Å². The highest BCUT2D eigenvalue weighted by Crippen LogP contribution is 2.43. The van der Waals surface area contributed by atoms with Crippen LogP contribution in [0, 0.1) is 0 Å². The summed E-state index contributed by atoms with van der Waals surface area (Å²) < 4.78 is 49.6. The molecular weight excluding hydrogens is 393 g/mol. The fourth-order valence-electron chi connectivity index (χ4n) is 3.12. The second kappa shape index (κ2) is 6.62. The number of aliphatic hydroxyl groups is 1. The molecule has 0 bridgehead atoms. The van der Waals surface area contributed by atoms with Gasteiger partial charge in [-0.25, -0.2) is 9.50 Å². The number of hydrogen-bond donors (Lipinski definition) is 2. The van der Waals surface area contributed by atoms with Crippen LogP contribution in [0.3, 0.4) is 0 Å². The fraction of sp³-hybridized carbons (Fsp3) is 0.278. The molecule has 0 radical (unpaired) electrons. The minimum Gasteiger partial charge on any atom is -0.484 e. The van der Waals surface area contributed by atoms with Gasteiger partial charge in [-0.15, -0.1) is 13.2 Å². The molecule has 0 spiro atoms. The van der Waals surface area contributed by atoms with Gasteiger partial charge in [0, 0.05) is 30.4 Å². The molecule has 3 aromatic rings. The van der Waals surface area contributed by atoms with E-state index in [-0.39, 0.29) is 35.7 Å². The molecule has 0 fully saturated rings. The fourth-order valence-corrected chi connectivity index (χ4v) is 3.12. The van der Waals surface area contributed by atoms with Gasteiger partial charge in [-0.3, -0.25) is 4.79 Å². The van der Waals surface area contributed by atoms with E-state index in [1.807, 2.05) is 0 Å². The SMILES string of the molecule is CC1(CO)Cc2cc(NC(=O)c3cnn4cccnc34)c(OC(F)(F)F)cc2O1. The van der Waals surface area contributed by atoms with Crippen LogP contribution in [0.15, 0.2) is 36.8 Å². The Hall–Kier alpha value is -3.34. The monoisotopic (exact) mass is 408 g/mol. The molecule has 2 aromatic heterocycles. The Morgan fingerprint density at radius 2 is 2.24 bits per heavy atom. The number of ether oxygens (including phenoxy) is 2. The van der Waals surface area contributed by atoms with E-state index in [1.165, 1.54) is 23.0 Å². The van der Waals surface area contributed by atoms with Gasteiger partial charge in [0.25, 0.3) is 5.91 Å². The van der Waals surface area contributed by atoms with E-state index in [9.17, 15) is 23.1 Å². The van der Waals surface area contributed by atoms with Crippen LogP contribution in [0.4, 0.5) is 18.9 Å². The van der Waals surface area contributed by atoms with Crippen LogP contribution in [-0.2, 0) is 6.42 Å². The first kappa shape index (κ1) is 19.0. The van der Waals surface area contributed by atoms with Gasteiger partial charge in [0.1, 0.15) is 16.9 Å². The molecule has 1 atom stereocenters. The van der Waals surface area contributed by atoms with Gasteiger partial charge in [-0.1, -0.05) is 0 Å². The van der Waals surface area contributed by atoms with Gasteiger partial charge >= 0.3 is 6.36 Å². The van der Waals surface area contributed by atoms with E-state index in [1.54, 1.807) is 19.2 Å². The lowest BCUT2D eigenvalue weighted by Gasteiger charge is -2.20. The average molecular weight is 408 g/mol. The number of rotatable bonds is 4. The van der Waals surface area contributed by atoms with Gasteiger partial charge in [0.15, 0.2) is 11.4 Å². The number of anilines is 1. The summed E-state index contributed by atoms with van der Waals surface area (Å²) in [7, 11) is 0. The number of nitrogens with one attached hydrogen (secondary N) is 1. The van der Waals surface area contributed by atoms with Crippen LogP contribution in [0.1, 0.15) is 22.8 Å². The zero-order valence-corrected chi connectivity index (χ0v) is 15.0. The Balaban J connectivity index is 1.70. The summed E-state index contributed by atoms with van der Waals surface area (Å²) in [6.07, 6.45) is -0.402. The standard InChI is InChI=1S/C18H15F3N4O4/c1-17(9-26)7-10-5-12(14(6-13(10)28-17)29-18(19,20)21)24-16(27)11-8-23-25-4-2-3-22-15(11)25/h2-6,8,26H,7,9H2,1H3,(H,24,27). The maximum absolute atomic E-state index is 12.9. The van der Waals surface area contributed by atoms with Gasteiger partial charge in [0.05, 0.1) is 18.5 Å². The van der Waals surface area contributed by atoms with Crippen molar-refractivity contribution in [3.8, 4) is 11.5 Å². The van der Waals surface area contributed by atoms with Crippen molar-refractivity contribution in [1.29, 1.82) is 0 Å². The quantitative estimate of drug-likeness (QED) is 0.689. The summed E-state index contributed by atoms with van der Waals surface area (Å²) in [5.41, 5.74) is -0.287. The molecule has 1 amide bonds.